The maximum atomic E-state index is 12.9. The highest BCUT2D eigenvalue weighted by Crippen LogP contribution is 2.33. The summed E-state index contributed by atoms with van der Waals surface area (Å²) in [6.45, 7) is 2.26. The van der Waals surface area contributed by atoms with E-state index in [0.29, 0.717) is 18.2 Å². The normalized spacial score (nSPS) is 24.1. The quantitative estimate of drug-likeness (QED) is 0.596. The van der Waals surface area contributed by atoms with Gasteiger partial charge in [0.15, 0.2) is 5.82 Å². The van der Waals surface area contributed by atoms with Crippen molar-refractivity contribution in [2.24, 2.45) is 0 Å². The highest BCUT2D eigenvalue weighted by atomic mass is 19.4. The van der Waals surface area contributed by atoms with Crippen LogP contribution in [0.5, 0.6) is 0 Å². The molecule has 1 fully saturated rings. The van der Waals surface area contributed by atoms with E-state index in [9.17, 15) is 22.8 Å². The number of fused-ring (bicyclic) bond motifs is 3. The van der Waals surface area contributed by atoms with Crippen LogP contribution in [0.3, 0.4) is 0 Å². The molecular formula is C17H20F3N7O2. The van der Waals surface area contributed by atoms with Crippen LogP contribution in [0.15, 0.2) is 35.9 Å². The van der Waals surface area contributed by atoms with E-state index in [1.54, 1.807) is 18.3 Å². The number of carbonyl (C=O) groups is 2. The van der Waals surface area contributed by atoms with Gasteiger partial charge in [0, 0.05) is 25.4 Å². The van der Waals surface area contributed by atoms with E-state index < -0.39 is 30.2 Å². The topological polar surface area (TPSA) is 105 Å². The van der Waals surface area contributed by atoms with E-state index >= 15 is 0 Å². The lowest BCUT2D eigenvalue weighted by molar-refractivity contribution is -0.158. The number of H-pyrrole nitrogens is 1. The summed E-state index contributed by atoms with van der Waals surface area (Å²) in [4.78, 5) is 28.8. The number of hydrogen-bond donors (Lipinski definition) is 4. The van der Waals surface area contributed by atoms with Crippen LogP contribution in [0, 0.1) is 0 Å². The summed E-state index contributed by atoms with van der Waals surface area (Å²) in [6.07, 6.45) is 0.935. The molecule has 4 heterocycles. The lowest BCUT2D eigenvalue weighted by atomic mass is 10.1. The summed E-state index contributed by atoms with van der Waals surface area (Å²) in [5, 5.41) is 14.1. The number of nitrogens with one attached hydrogen (secondary N) is 4. The molecular weight excluding hydrogens is 391 g/mol. The number of allylic oxidation sites excluding steroid dienone is 1. The summed E-state index contributed by atoms with van der Waals surface area (Å²) < 4.78 is 38.3. The van der Waals surface area contributed by atoms with Crippen LogP contribution in [0.25, 0.3) is 0 Å². The Kier molecular flexibility index (Phi) is 4.63. The third kappa shape index (κ3) is 3.61. The Morgan fingerprint density at radius 2 is 2.17 bits per heavy atom. The van der Waals surface area contributed by atoms with E-state index in [1.807, 2.05) is 5.32 Å². The van der Waals surface area contributed by atoms with E-state index in [1.165, 1.54) is 11.0 Å². The van der Waals surface area contributed by atoms with Gasteiger partial charge in [-0.2, -0.15) is 18.3 Å². The maximum absolute atomic E-state index is 12.9. The van der Waals surface area contributed by atoms with Gasteiger partial charge in [-0.3, -0.25) is 20.1 Å². The Bertz CT molecular complexity index is 865. The lowest BCUT2D eigenvalue weighted by Gasteiger charge is -2.40. The number of halogens is 3. The number of amides is 3. The first kappa shape index (κ1) is 19.2. The predicted molar refractivity (Wildman–Crippen MR) is 96.2 cm³/mol. The third-order valence-electron chi connectivity index (χ3n) is 5.18. The van der Waals surface area contributed by atoms with Gasteiger partial charge in [-0.15, -0.1) is 0 Å². The summed E-state index contributed by atoms with van der Waals surface area (Å²) in [7, 11) is 0. The molecule has 1 aromatic heterocycles. The molecule has 4 N–H and O–H groups in total. The number of hydrogen-bond acceptors (Lipinski definition) is 5. The van der Waals surface area contributed by atoms with Gasteiger partial charge in [-0.1, -0.05) is 6.08 Å². The molecule has 4 rings (SSSR count). The Morgan fingerprint density at radius 1 is 1.38 bits per heavy atom. The van der Waals surface area contributed by atoms with Crippen molar-refractivity contribution in [2.75, 3.05) is 18.4 Å². The molecule has 0 radical (unpaired) electrons. The monoisotopic (exact) mass is 411 g/mol. The minimum atomic E-state index is -4.54. The van der Waals surface area contributed by atoms with Crippen molar-refractivity contribution in [3.63, 3.8) is 0 Å². The molecule has 3 atom stereocenters. The van der Waals surface area contributed by atoms with Crippen molar-refractivity contribution in [3.05, 3.63) is 35.9 Å². The Hall–Kier alpha value is -3.18. The van der Waals surface area contributed by atoms with Gasteiger partial charge in [0.2, 0.25) is 5.91 Å². The van der Waals surface area contributed by atoms with Crippen LogP contribution in [0.1, 0.15) is 13.3 Å². The molecule has 12 heteroatoms. The number of carbonyl (C=O) groups excluding carboxylic acids is 2. The van der Waals surface area contributed by atoms with Gasteiger partial charge in [-0.25, -0.2) is 4.79 Å². The lowest BCUT2D eigenvalue weighted by Crippen LogP contribution is -2.57. The zero-order chi connectivity index (χ0) is 20.8. The van der Waals surface area contributed by atoms with Gasteiger partial charge >= 0.3 is 12.2 Å². The van der Waals surface area contributed by atoms with Crippen molar-refractivity contribution in [3.8, 4) is 0 Å². The average molecular weight is 411 g/mol. The maximum Gasteiger partial charge on any atom is 0.408 e. The SMILES string of the molecule is C[C@@H](NC(=O)C1C=CC2=C(N1)N(C(=O)Nc1cc[nH]n1)[C@H]1CCN2C1)C(F)(F)F. The number of aromatic nitrogens is 2. The van der Waals surface area contributed by atoms with Crippen molar-refractivity contribution in [1.82, 2.24) is 30.6 Å². The molecule has 0 aromatic carbocycles. The molecule has 0 aliphatic carbocycles. The molecule has 0 saturated carbocycles. The Labute approximate surface area is 164 Å². The summed E-state index contributed by atoms with van der Waals surface area (Å²) >= 11 is 0. The highest BCUT2D eigenvalue weighted by molar-refractivity contribution is 5.91. The number of rotatable bonds is 3. The first-order chi connectivity index (χ1) is 13.7. The predicted octanol–water partition coefficient (Wildman–Crippen LogP) is 1.10. The fraction of sp³-hybridized carbons (Fsp3) is 0.471. The number of nitrogens with zero attached hydrogens (tertiary/aromatic N) is 3. The minimum Gasteiger partial charge on any atom is -0.366 e. The van der Waals surface area contributed by atoms with Gasteiger partial charge in [0.1, 0.15) is 17.9 Å². The standard InChI is InChI=1S/C17H20F3N7O2/c1-9(17(18,19)20)22-15(28)11-2-3-12-14(23-11)27(10-5-7-26(12)8-10)16(29)24-13-4-6-21-25-13/h2-4,6,9-11,23H,5,7-8H2,1H3,(H,22,28)(H2,21,24,25,29)/t9-,10+,11?/m1/s1. The first-order valence-electron chi connectivity index (χ1n) is 9.15. The van der Waals surface area contributed by atoms with E-state index in [0.717, 1.165) is 25.6 Å². The fourth-order valence-electron chi connectivity index (χ4n) is 3.64. The second kappa shape index (κ2) is 7.01. The molecule has 29 heavy (non-hydrogen) atoms. The van der Waals surface area contributed by atoms with E-state index in [-0.39, 0.29) is 6.04 Å². The molecule has 9 nitrogen and oxygen atoms in total. The van der Waals surface area contributed by atoms with Gasteiger partial charge in [0.25, 0.3) is 0 Å². The molecule has 1 saturated heterocycles. The molecule has 1 unspecified atom stereocenters. The van der Waals surface area contributed by atoms with Gasteiger partial charge in [0.05, 0.1) is 11.7 Å². The zero-order valence-electron chi connectivity index (χ0n) is 15.5. The van der Waals surface area contributed by atoms with E-state index in [2.05, 4.69) is 25.7 Å². The summed E-state index contributed by atoms with van der Waals surface area (Å²) in [5.74, 6) is -0.0791. The fourth-order valence-corrected chi connectivity index (χ4v) is 3.64. The molecule has 0 spiro atoms. The highest BCUT2D eigenvalue weighted by Gasteiger charge is 2.43. The van der Waals surface area contributed by atoms with E-state index in [4.69, 9.17) is 0 Å². The largest absolute Gasteiger partial charge is 0.408 e. The second-order valence-electron chi connectivity index (χ2n) is 7.14. The van der Waals surface area contributed by atoms with Gasteiger partial charge in [-0.05, 0) is 19.4 Å². The van der Waals surface area contributed by atoms with Crippen molar-refractivity contribution in [2.45, 2.75) is 37.6 Å². The molecule has 3 amide bonds. The number of alkyl halides is 3. The number of dihydropyridines is 1. The molecule has 3 aliphatic rings. The number of anilines is 1. The van der Waals surface area contributed by atoms with Crippen LogP contribution < -0.4 is 16.0 Å². The summed E-state index contributed by atoms with van der Waals surface area (Å²) in [5.41, 5.74) is 0.726. The number of urea groups is 1. The average Bonchev–Trinajstić information content (AvgIpc) is 3.31. The van der Waals surface area contributed by atoms with Crippen LogP contribution >= 0.6 is 0 Å². The van der Waals surface area contributed by atoms with Crippen LogP contribution in [-0.2, 0) is 4.79 Å². The third-order valence-corrected chi connectivity index (χ3v) is 5.18. The molecule has 1 aromatic rings. The Balaban J connectivity index is 1.53. The number of aromatic amines is 1. The van der Waals surface area contributed by atoms with Crippen LogP contribution in [0.2, 0.25) is 0 Å². The zero-order valence-corrected chi connectivity index (χ0v) is 15.5. The van der Waals surface area contributed by atoms with Crippen molar-refractivity contribution >= 4 is 17.8 Å². The van der Waals surface area contributed by atoms with Gasteiger partial charge < -0.3 is 15.5 Å². The summed E-state index contributed by atoms with van der Waals surface area (Å²) in [6, 6.07) is -1.96. The smallest absolute Gasteiger partial charge is 0.366 e. The van der Waals surface area contributed by atoms with Crippen molar-refractivity contribution in [1.29, 1.82) is 0 Å². The minimum absolute atomic E-state index is 0.121. The van der Waals surface area contributed by atoms with Crippen LogP contribution in [-0.4, -0.2) is 69.3 Å². The first-order valence-corrected chi connectivity index (χ1v) is 9.15. The Morgan fingerprint density at radius 3 is 2.86 bits per heavy atom. The second-order valence-corrected chi connectivity index (χ2v) is 7.14. The molecule has 2 bridgehead atoms. The molecule has 156 valence electrons. The molecule has 3 aliphatic heterocycles. The van der Waals surface area contributed by atoms with Crippen LogP contribution in [0.4, 0.5) is 23.8 Å². The van der Waals surface area contributed by atoms with Crippen molar-refractivity contribution < 1.29 is 22.8 Å².